The number of carbonyl (C=O) groups is 1. The van der Waals surface area contributed by atoms with Gasteiger partial charge in [-0.15, -0.1) is 0 Å². The fraction of sp³-hybridized carbons (Fsp3) is 0.235. The zero-order valence-electron chi connectivity index (χ0n) is 14.0. The third-order valence-electron chi connectivity index (χ3n) is 3.60. The zero-order valence-corrected chi connectivity index (χ0v) is 15.5. The molecular formula is C17H18ClFN2O3S. The molecule has 1 unspecified atom stereocenters. The Bertz CT molecular complexity index is 903. The molecule has 0 aliphatic heterocycles. The number of nitrogens with zero attached hydrogens (tertiary/aromatic N) is 1. The van der Waals surface area contributed by atoms with Crippen LogP contribution in [0.1, 0.15) is 12.5 Å². The van der Waals surface area contributed by atoms with Crippen molar-refractivity contribution in [2.24, 2.45) is 0 Å². The van der Waals surface area contributed by atoms with Gasteiger partial charge in [0.05, 0.1) is 11.9 Å². The fourth-order valence-corrected chi connectivity index (χ4v) is 3.82. The highest BCUT2D eigenvalue weighted by Crippen LogP contribution is 2.24. The zero-order chi connectivity index (χ0) is 18.8. The quantitative estimate of drug-likeness (QED) is 0.856. The molecule has 1 N–H and O–H groups in total. The lowest BCUT2D eigenvalue weighted by Crippen LogP contribution is -2.45. The van der Waals surface area contributed by atoms with Crippen LogP contribution in [-0.4, -0.2) is 26.6 Å². The topological polar surface area (TPSA) is 66.5 Å². The van der Waals surface area contributed by atoms with Gasteiger partial charge in [-0.2, -0.15) is 0 Å². The molecule has 2 aromatic carbocycles. The molecule has 0 bridgehead atoms. The number of hydrogen-bond donors (Lipinski definition) is 1. The van der Waals surface area contributed by atoms with E-state index in [2.05, 4.69) is 5.32 Å². The average Bonchev–Trinajstić information content (AvgIpc) is 2.48. The van der Waals surface area contributed by atoms with Gasteiger partial charge in [-0.05, 0) is 55.8 Å². The Labute approximate surface area is 151 Å². The van der Waals surface area contributed by atoms with Crippen LogP contribution in [0.4, 0.5) is 15.8 Å². The summed E-state index contributed by atoms with van der Waals surface area (Å²) in [5.41, 5.74) is 1.34. The predicted molar refractivity (Wildman–Crippen MR) is 98.0 cm³/mol. The van der Waals surface area contributed by atoms with Crippen LogP contribution in [0.5, 0.6) is 0 Å². The highest BCUT2D eigenvalue weighted by Gasteiger charge is 2.29. The molecule has 0 saturated heterocycles. The third-order valence-corrected chi connectivity index (χ3v) is 5.07. The van der Waals surface area contributed by atoms with Gasteiger partial charge in [-0.3, -0.25) is 9.10 Å². The third kappa shape index (κ3) is 4.70. The Morgan fingerprint density at radius 1 is 1.24 bits per heavy atom. The molecule has 1 atom stereocenters. The van der Waals surface area contributed by atoms with E-state index in [4.69, 9.17) is 11.6 Å². The van der Waals surface area contributed by atoms with Crippen molar-refractivity contribution in [2.75, 3.05) is 15.9 Å². The number of aryl methyl sites for hydroxylation is 1. The van der Waals surface area contributed by atoms with Crippen molar-refractivity contribution < 1.29 is 17.6 Å². The van der Waals surface area contributed by atoms with Crippen LogP contribution in [0.2, 0.25) is 5.02 Å². The van der Waals surface area contributed by atoms with Gasteiger partial charge in [0, 0.05) is 10.7 Å². The Morgan fingerprint density at radius 2 is 1.92 bits per heavy atom. The van der Waals surface area contributed by atoms with Crippen molar-refractivity contribution in [3.05, 3.63) is 58.9 Å². The van der Waals surface area contributed by atoms with Crippen LogP contribution in [0.3, 0.4) is 0 Å². The highest BCUT2D eigenvalue weighted by atomic mass is 35.5. The SMILES string of the molecule is Cc1cc(Cl)ccc1NC(=O)C(C)N(c1cccc(F)c1)S(C)(=O)=O. The summed E-state index contributed by atoms with van der Waals surface area (Å²) in [5, 5.41) is 3.21. The van der Waals surface area contributed by atoms with E-state index in [-0.39, 0.29) is 5.69 Å². The number of hydrogen-bond acceptors (Lipinski definition) is 3. The molecule has 8 heteroatoms. The van der Waals surface area contributed by atoms with Gasteiger partial charge in [-0.1, -0.05) is 17.7 Å². The lowest BCUT2D eigenvalue weighted by Gasteiger charge is -2.28. The molecule has 2 rings (SSSR count). The fourth-order valence-electron chi connectivity index (χ4n) is 2.43. The maximum absolute atomic E-state index is 13.5. The lowest BCUT2D eigenvalue weighted by atomic mass is 10.2. The highest BCUT2D eigenvalue weighted by molar-refractivity contribution is 7.92. The van der Waals surface area contributed by atoms with Crippen molar-refractivity contribution in [1.82, 2.24) is 0 Å². The summed E-state index contributed by atoms with van der Waals surface area (Å²) in [5.74, 6) is -1.13. The molecule has 1 amide bonds. The second-order valence-electron chi connectivity index (χ2n) is 5.66. The van der Waals surface area contributed by atoms with Crippen LogP contribution in [0.15, 0.2) is 42.5 Å². The van der Waals surface area contributed by atoms with E-state index in [1.54, 1.807) is 25.1 Å². The number of nitrogens with one attached hydrogen (secondary N) is 1. The normalized spacial score (nSPS) is 12.5. The van der Waals surface area contributed by atoms with Crippen molar-refractivity contribution >= 4 is 38.9 Å². The minimum Gasteiger partial charge on any atom is -0.324 e. The summed E-state index contributed by atoms with van der Waals surface area (Å²) < 4.78 is 38.7. The van der Waals surface area contributed by atoms with E-state index in [1.807, 2.05) is 0 Å². The van der Waals surface area contributed by atoms with Gasteiger partial charge in [0.15, 0.2) is 0 Å². The van der Waals surface area contributed by atoms with Crippen molar-refractivity contribution in [2.45, 2.75) is 19.9 Å². The van der Waals surface area contributed by atoms with Gasteiger partial charge in [0.2, 0.25) is 15.9 Å². The molecule has 0 radical (unpaired) electrons. The van der Waals surface area contributed by atoms with E-state index in [0.717, 1.165) is 22.2 Å². The summed E-state index contributed by atoms with van der Waals surface area (Å²) in [6.07, 6.45) is 0.967. The average molecular weight is 385 g/mol. The van der Waals surface area contributed by atoms with E-state index in [0.29, 0.717) is 10.7 Å². The molecular weight excluding hydrogens is 367 g/mol. The van der Waals surface area contributed by atoms with Crippen LogP contribution in [-0.2, 0) is 14.8 Å². The smallest absolute Gasteiger partial charge is 0.248 e. The van der Waals surface area contributed by atoms with Crippen LogP contribution < -0.4 is 9.62 Å². The molecule has 0 spiro atoms. The van der Waals surface area contributed by atoms with Crippen molar-refractivity contribution in [1.29, 1.82) is 0 Å². The molecule has 0 fully saturated rings. The molecule has 0 aliphatic carbocycles. The van der Waals surface area contributed by atoms with E-state index in [9.17, 15) is 17.6 Å². The molecule has 0 saturated carbocycles. The first kappa shape index (κ1) is 19.2. The Hall–Kier alpha value is -2.12. The van der Waals surface area contributed by atoms with Crippen LogP contribution in [0, 0.1) is 12.7 Å². The minimum absolute atomic E-state index is 0.0815. The maximum atomic E-state index is 13.5. The summed E-state index contributed by atoms with van der Waals surface area (Å²) in [7, 11) is -3.80. The summed E-state index contributed by atoms with van der Waals surface area (Å²) in [6, 6.07) is 8.95. The summed E-state index contributed by atoms with van der Waals surface area (Å²) in [6.45, 7) is 3.21. The van der Waals surface area contributed by atoms with Crippen LogP contribution in [0.25, 0.3) is 0 Å². The molecule has 0 aromatic heterocycles. The summed E-state index contributed by atoms with van der Waals surface area (Å²) >= 11 is 5.89. The first-order chi connectivity index (χ1) is 11.6. The van der Waals surface area contributed by atoms with Gasteiger partial charge in [0.1, 0.15) is 11.9 Å². The largest absolute Gasteiger partial charge is 0.324 e. The second-order valence-corrected chi connectivity index (χ2v) is 7.96. The predicted octanol–water partition coefficient (Wildman–Crippen LogP) is 3.58. The summed E-state index contributed by atoms with van der Waals surface area (Å²) in [4.78, 5) is 12.6. The van der Waals surface area contributed by atoms with Gasteiger partial charge in [0.25, 0.3) is 0 Å². The number of carbonyl (C=O) groups excluding carboxylic acids is 1. The number of anilines is 2. The maximum Gasteiger partial charge on any atom is 0.248 e. The number of halogens is 2. The van der Waals surface area contributed by atoms with E-state index < -0.39 is 27.8 Å². The van der Waals surface area contributed by atoms with Gasteiger partial charge >= 0.3 is 0 Å². The minimum atomic E-state index is -3.80. The van der Waals surface area contributed by atoms with E-state index >= 15 is 0 Å². The number of rotatable bonds is 5. The van der Waals surface area contributed by atoms with Crippen LogP contribution >= 0.6 is 11.6 Å². The molecule has 0 aliphatic rings. The molecule has 25 heavy (non-hydrogen) atoms. The first-order valence-electron chi connectivity index (χ1n) is 7.41. The Morgan fingerprint density at radius 3 is 2.48 bits per heavy atom. The number of sulfonamides is 1. The molecule has 2 aromatic rings. The number of amides is 1. The number of benzene rings is 2. The molecule has 5 nitrogen and oxygen atoms in total. The van der Waals surface area contributed by atoms with Gasteiger partial charge < -0.3 is 5.32 Å². The van der Waals surface area contributed by atoms with E-state index in [1.165, 1.54) is 25.1 Å². The monoisotopic (exact) mass is 384 g/mol. The van der Waals surface area contributed by atoms with Gasteiger partial charge in [-0.25, -0.2) is 12.8 Å². The second kappa shape index (κ2) is 7.41. The standard InChI is InChI=1S/C17H18ClFN2O3S/c1-11-9-13(18)7-8-16(11)20-17(22)12(2)21(25(3,23)24)15-6-4-5-14(19)10-15/h4-10,12H,1-3H3,(H,20,22). The van der Waals surface area contributed by atoms with Crippen molar-refractivity contribution in [3.63, 3.8) is 0 Å². The molecule has 0 heterocycles. The molecule has 134 valence electrons. The Kier molecular flexibility index (Phi) is 5.69. The van der Waals surface area contributed by atoms with Crippen molar-refractivity contribution in [3.8, 4) is 0 Å². The lowest BCUT2D eigenvalue weighted by molar-refractivity contribution is -0.116. The first-order valence-corrected chi connectivity index (χ1v) is 9.64. The Balaban J connectivity index is 2.33.